The van der Waals surface area contributed by atoms with Gasteiger partial charge >= 0.3 is 0 Å². The van der Waals surface area contributed by atoms with Crippen molar-refractivity contribution in [2.24, 2.45) is 11.1 Å². The summed E-state index contributed by atoms with van der Waals surface area (Å²) < 4.78 is 6.51. The lowest BCUT2D eigenvalue weighted by molar-refractivity contribution is 0.330. The van der Waals surface area contributed by atoms with Gasteiger partial charge in [-0.15, -0.1) is 0 Å². The summed E-state index contributed by atoms with van der Waals surface area (Å²) in [5, 5.41) is 0. The Morgan fingerprint density at radius 1 is 1.33 bits per heavy atom. The summed E-state index contributed by atoms with van der Waals surface area (Å²) >= 11 is 3.52. The number of methoxy groups -OCH3 is 1. The first-order chi connectivity index (χ1) is 8.34. The first kappa shape index (κ1) is 13.9. The molecule has 0 heterocycles. The first-order valence-corrected chi connectivity index (χ1v) is 7.24. The topological polar surface area (TPSA) is 35.2 Å². The van der Waals surface area contributed by atoms with E-state index in [1.165, 1.54) is 12.0 Å². The molecule has 18 heavy (non-hydrogen) atoms. The van der Waals surface area contributed by atoms with Crippen molar-refractivity contribution in [2.45, 2.75) is 45.1 Å². The summed E-state index contributed by atoms with van der Waals surface area (Å²) in [5.74, 6) is 0.938. The third-order valence-corrected chi connectivity index (χ3v) is 4.41. The molecule has 0 radical (unpaired) electrons. The number of halogens is 1. The number of rotatable bonds is 3. The Balaban J connectivity index is 2.21. The van der Waals surface area contributed by atoms with Gasteiger partial charge in [0.05, 0.1) is 7.11 Å². The zero-order valence-corrected chi connectivity index (χ0v) is 13.0. The van der Waals surface area contributed by atoms with Crippen LogP contribution in [0.15, 0.2) is 22.7 Å². The van der Waals surface area contributed by atoms with E-state index in [0.29, 0.717) is 5.41 Å². The van der Waals surface area contributed by atoms with Crippen molar-refractivity contribution in [3.8, 4) is 5.75 Å². The van der Waals surface area contributed by atoms with Gasteiger partial charge in [0.2, 0.25) is 0 Å². The van der Waals surface area contributed by atoms with Crippen LogP contribution in [-0.2, 0) is 6.42 Å². The quantitative estimate of drug-likeness (QED) is 0.918. The normalized spacial score (nSPS) is 26.3. The second kappa shape index (κ2) is 4.86. The first-order valence-electron chi connectivity index (χ1n) is 6.45. The van der Waals surface area contributed by atoms with Crippen LogP contribution in [0.25, 0.3) is 0 Å². The summed E-state index contributed by atoms with van der Waals surface area (Å²) in [6.45, 7) is 4.61. The van der Waals surface area contributed by atoms with Crippen LogP contribution in [-0.4, -0.2) is 12.6 Å². The van der Waals surface area contributed by atoms with Crippen LogP contribution in [0.1, 0.15) is 38.7 Å². The van der Waals surface area contributed by atoms with E-state index in [1.807, 2.05) is 12.1 Å². The molecule has 1 aromatic rings. The summed E-state index contributed by atoms with van der Waals surface area (Å²) in [5.41, 5.74) is 8.05. The Bertz CT molecular complexity index is 444. The number of hydrogen-bond acceptors (Lipinski definition) is 2. The molecule has 2 N–H and O–H groups in total. The average molecular weight is 312 g/mol. The van der Waals surface area contributed by atoms with Crippen molar-refractivity contribution in [1.29, 1.82) is 0 Å². The molecule has 1 aliphatic carbocycles. The molecule has 2 nitrogen and oxygen atoms in total. The maximum absolute atomic E-state index is 6.57. The molecule has 0 spiro atoms. The highest BCUT2D eigenvalue weighted by Crippen LogP contribution is 2.44. The maximum atomic E-state index is 6.57. The van der Waals surface area contributed by atoms with E-state index in [-0.39, 0.29) is 5.54 Å². The SMILES string of the molecule is COc1ccc(Br)cc1CC1(N)CCC(C)(C)C1. The lowest BCUT2D eigenvalue weighted by Crippen LogP contribution is -2.40. The van der Waals surface area contributed by atoms with Crippen LogP contribution >= 0.6 is 15.9 Å². The molecule has 3 heteroatoms. The monoisotopic (exact) mass is 311 g/mol. The van der Waals surface area contributed by atoms with Gasteiger partial charge in [-0.3, -0.25) is 0 Å². The van der Waals surface area contributed by atoms with E-state index < -0.39 is 0 Å². The second-order valence-corrected chi connectivity index (χ2v) is 7.25. The smallest absolute Gasteiger partial charge is 0.122 e. The van der Waals surface area contributed by atoms with Crippen molar-refractivity contribution >= 4 is 15.9 Å². The summed E-state index contributed by atoms with van der Waals surface area (Å²) in [6.07, 6.45) is 4.27. The molecule has 0 saturated heterocycles. The Hall–Kier alpha value is -0.540. The van der Waals surface area contributed by atoms with Gasteiger partial charge < -0.3 is 10.5 Å². The van der Waals surface area contributed by atoms with Crippen LogP contribution in [0.5, 0.6) is 5.75 Å². The van der Waals surface area contributed by atoms with Crippen LogP contribution in [0.3, 0.4) is 0 Å². The van der Waals surface area contributed by atoms with E-state index in [0.717, 1.165) is 29.5 Å². The van der Waals surface area contributed by atoms with Gasteiger partial charge in [-0.05, 0) is 54.9 Å². The predicted molar refractivity (Wildman–Crippen MR) is 78.9 cm³/mol. The van der Waals surface area contributed by atoms with E-state index in [1.54, 1.807) is 7.11 Å². The Kier molecular flexibility index (Phi) is 3.75. The molecular formula is C15H22BrNO. The van der Waals surface area contributed by atoms with Crippen LogP contribution in [0, 0.1) is 5.41 Å². The van der Waals surface area contributed by atoms with Gasteiger partial charge in [-0.25, -0.2) is 0 Å². The fourth-order valence-corrected chi connectivity index (χ4v) is 3.54. The number of benzene rings is 1. The Morgan fingerprint density at radius 2 is 2.06 bits per heavy atom. The highest BCUT2D eigenvalue weighted by molar-refractivity contribution is 9.10. The van der Waals surface area contributed by atoms with Crippen LogP contribution < -0.4 is 10.5 Å². The molecule has 2 rings (SSSR count). The van der Waals surface area contributed by atoms with Gasteiger partial charge in [0.25, 0.3) is 0 Å². The maximum Gasteiger partial charge on any atom is 0.122 e. The fourth-order valence-electron chi connectivity index (χ4n) is 3.13. The van der Waals surface area contributed by atoms with Crippen LogP contribution in [0.2, 0.25) is 0 Å². The van der Waals surface area contributed by atoms with Crippen molar-refractivity contribution in [2.75, 3.05) is 7.11 Å². The van der Waals surface area contributed by atoms with E-state index in [2.05, 4.69) is 35.8 Å². The van der Waals surface area contributed by atoms with Gasteiger partial charge in [0.15, 0.2) is 0 Å². The van der Waals surface area contributed by atoms with Gasteiger partial charge in [-0.1, -0.05) is 29.8 Å². The molecule has 0 bridgehead atoms. The molecule has 1 aromatic carbocycles. The molecular weight excluding hydrogens is 290 g/mol. The lowest BCUT2D eigenvalue weighted by Gasteiger charge is -2.27. The summed E-state index contributed by atoms with van der Waals surface area (Å²) in [6, 6.07) is 6.13. The fraction of sp³-hybridized carbons (Fsp3) is 0.600. The zero-order chi connectivity index (χ0) is 13.4. The molecule has 1 aliphatic rings. The predicted octanol–water partition coefficient (Wildman–Crippen LogP) is 3.91. The summed E-state index contributed by atoms with van der Waals surface area (Å²) in [7, 11) is 1.72. The average Bonchev–Trinajstić information content (AvgIpc) is 2.53. The Labute approximate surface area is 118 Å². The Morgan fingerprint density at radius 3 is 2.61 bits per heavy atom. The number of hydrogen-bond donors (Lipinski definition) is 1. The van der Waals surface area contributed by atoms with Crippen molar-refractivity contribution in [1.82, 2.24) is 0 Å². The highest BCUT2D eigenvalue weighted by Gasteiger charge is 2.40. The summed E-state index contributed by atoms with van der Waals surface area (Å²) in [4.78, 5) is 0. The van der Waals surface area contributed by atoms with Gasteiger partial charge in [0, 0.05) is 10.0 Å². The minimum atomic E-state index is -0.0857. The largest absolute Gasteiger partial charge is 0.496 e. The minimum Gasteiger partial charge on any atom is -0.496 e. The van der Waals surface area contributed by atoms with E-state index in [4.69, 9.17) is 10.5 Å². The third-order valence-electron chi connectivity index (χ3n) is 3.92. The van der Waals surface area contributed by atoms with Gasteiger partial charge in [-0.2, -0.15) is 0 Å². The number of nitrogens with two attached hydrogens (primary N) is 1. The molecule has 1 saturated carbocycles. The lowest BCUT2D eigenvalue weighted by atomic mass is 9.84. The molecule has 1 fully saturated rings. The number of ether oxygens (including phenoxy) is 1. The van der Waals surface area contributed by atoms with Crippen LogP contribution in [0.4, 0.5) is 0 Å². The molecule has 0 aliphatic heterocycles. The zero-order valence-electron chi connectivity index (χ0n) is 11.4. The van der Waals surface area contributed by atoms with Crippen molar-refractivity contribution < 1.29 is 4.74 Å². The molecule has 0 aromatic heterocycles. The minimum absolute atomic E-state index is 0.0857. The molecule has 1 unspecified atom stereocenters. The van der Waals surface area contributed by atoms with Crippen molar-refractivity contribution in [3.63, 3.8) is 0 Å². The molecule has 1 atom stereocenters. The standard InChI is InChI=1S/C15H22BrNO/c1-14(2)6-7-15(17,10-14)9-11-8-12(16)4-5-13(11)18-3/h4-5,8H,6-7,9-10,17H2,1-3H3. The van der Waals surface area contributed by atoms with Gasteiger partial charge in [0.1, 0.15) is 5.75 Å². The highest BCUT2D eigenvalue weighted by atomic mass is 79.9. The third kappa shape index (κ3) is 3.07. The van der Waals surface area contributed by atoms with E-state index in [9.17, 15) is 0 Å². The van der Waals surface area contributed by atoms with E-state index >= 15 is 0 Å². The van der Waals surface area contributed by atoms with Crippen molar-refractivity contribution in [3.05, 3.63) is 28.2 Å². The molecule has 0 amide bonds. The molecule has 100 valence electrons. The second-order valence-electron chi connectivity index (χ2n) is 6.34.